The zero-order valence-corrected chi connectivity index (χ0v) is 15.6. The summed E-state index contributed by atoms with van der Waals surface area (Å²) in [6, 6.07) is 6.86. The van der Waals surface area contributed by atoms with Crippen LogP contribution in [0, 0.1) is 23.4 Å². The summed E-state index contributed by atoms with van der Waals surface area (Å²) >= 11 is 6.66. The average Bonchev–Trinajstić information content (AvgIpc) is 3.06. The van der Waals surface area contributed by atoms with E-state index in [1.54, 1.807) is 24.3 Å². The number of carbonyl (C=O) groups is 2. The van der Waals surface area contributed by atoms with Gasteiger partial charge < -0.3 is 10.4 Å². The molecule has 0 aliphatic heterocycles. The van der Waals surface area contributed by atoms with Gasteiger partial charge in [-0.25, -0.2) is 18.2 Å². The first kappa shape index (κ1) is 20.1. The topological polar surface area (TPSA) is 79.3 Å². The number of para-hydroxylation sites is 1. The summed E-state index contributed by atoms with van der Waals surface area (Å²) in [5, 5.41) is 12.3. The van der Waals surface area contributed by atoms with Crippen molar-refractivity contribution in [3.63, 3.8) is 0 Å². The molecule has 0 fully saturated rings. The van der Waals surface area contributed by atoms with Crippen molar-refractivity contribution in [2.75, 3.05) is 5.32 Å². The lowest BCUT2D eigenvalue weighted by molar-refractivity contribution is -0.143. The molecule has 2 aromatic carbocycles. The highest BCUT2D eigenvalue weighted by Gasteiger charge is 2.25. The van der Waals surface area contributed by atoms with Crippen LogP contribution in [0.2, 0.25) is 5.02 Å². The number of thiazole rings is 1. The van der Waals surface area contributed by atoms with Gasteiger partial charge in [-0.1, -0.05) is 23.7 Å². The lowest BCUT2D eigenvalue weighted by atomic mass is 10.0. The molecule has 10 heteroatoms. The zero-order chi connectivity index (χ0) is 20.4. The Hall–Kier alpha value is -2.65. The lowest BCUT2D eigenvalue weighted by Gasteiger charge is -2.12. The van der Waals surface area contributed by atoms with E-state index in [0.29, 0.717) is 16.8 Å². The van der Waals surface area contributed by atoms with Gasteiger partial charge >= 0.3 is 5.97 Å². The molecule has 0 bridgehead atoms. The highest BCUT2D eigenvalue weighted by molar-refractivity contribution is 7.18. The first-order valence-electron chi connectivity index (χ1n) is 7.96. The van der Waals surface area contributed by atoms with E-state index in [4.69, 9.17) is 11.6 Å². The predicted octanol–water partition coefficient (Wildman–Crippen LogP) is 4.64. The number of rotatable bonds is 6. The van der Waals surface area contributed by atoms with Crippen molar-refractivity contribution in [2.24, 2.45) is 5.92 Å². The molecule has 2 N–H and O–H groups in total. The second-order valence-electron chi connectivity index (χ2n) is 5.91. The molecule has 0 saturated heterocycles. The summed E-state index contributed by atoms with van der Waals surface area (Å²) in [6.45, 7) is 0. The van der Waals surface area contributed by atoms with E-state index in [-0.39, 0.29) is 16.1 Å². The maximum absolute atomic E-state index is 13.8. The monoisotopic (exact) mass is 428 g/mol. The number of nitrogens with one attached hydrogen (secondary N) is 1. The standard InChI is InChI=1S/C18H12ClF3N2O3S/c19-9-3-1-2-4-12(9)23-13(25)5-8(18(26)27)6-14-24-16-15(22)10(20)7-11(21)17(16)28-14/h1-4,7-8H,5-6H2,(H,23,25)(H,26,27). The first-order chi connectivity index (χ1) is 13.3. The molecule has 0 spiro atoms. The van der Waals surface area contributed by atoms with Crippen molar-refractivity contribution in [1.29, 1.82) is 0 Å². The second-order valence-corrected chi connectivity index (χ2v) is 7.40. The third-order valence-corrected chi connectivity index (χ3v) is 5.33. The van der Waals surface area contributed by atoms with Gasteiger partial charge in [0.2, 0.25) is 5.91 Å². The molecule has 146 valence electrons. The fraction of sp³-hybridized carbons (Fsp3) is 0.167. The van der Waals surface area contributed by atoms with Gasteiger partial charge in [0.25, 0.3) is 0 Å². The molecule has 1 aromatic heterocycles. The summed E-state index contributed by atoms with van der Waals surface area (Å²) in [4.78, 5) is 27.5. The second kappa shape index (κ2) is 8.15. The summed E-state index contributed by atoms with van der Waals surface area (Å²) < 4.78 is 40.7. The molecule has 1 heterocycles. The first-order valence-corrected chi connectivity index (χ1v) is 9.15. The summed E-state index contributed by atoms with van der Waals surface area (Å²) in [5.41, 5.74) is -0.167. The van der Waals surface area contributed by atoms with Crippen molar-refractivity contribution >= 4 is 50.7 Å². The fourth-order valence-corrected chi connectivity index (χ4v) is 3.79. The number of hydrogen-bond donors (Lipinski definition) is 2. The number of fused-ring (bicyclic) bond motifs is 1. The molecule has 3 aromatic rings. The minimum absolute atomic E-state index is 0.0799. The zero-order valence-electron chi connectivity index (χ0n) is 14.0. The van der Waals surface area contributed by atoms with Gasteiger partial charge in [0, 0.05) is 18.9 Å². The third-order valence-electron chi connectivity index (χ3n) is 3.91. The van der Waals surface area contributed by atoms with Crippen LogP contribution in [0.15, 0.2) is 30.3 Å². The van der Waals surface area contributed by atoms with Crippen molar-refractivity contribution in [3.8, 4) is 0 Å². The Labute approximate surface area is 165 Å². The van der Waals surface area contributed by atoms with Crippen LogP contribution in [0.5, 0.6) is 0 Å². The highest BCUT2D eigenvalue weighted by atomic mass is 35.5. The summed E-state index contributed by atoms with van der Waals surface area (Å²) in [5.74, 6) is -6.73. The minimum Gasteiger partial charge on any atom is -0.481 e. The molecule has 0 radical (unpaired) electrons. The van der Waals surface area contributed by atoms with E-state index < -0.39 is 47.2 Å². The van der Waals surface area contributed by atoms with E-state index in [1.165, 1.54) is 0 Å². The van der Waals surface area contributed by atoms with Gasteiger partial charge in [-0.05, 0) is 12.1 Å². The Kier molecular flexibility index (Phi) is 5.85. The van der Waals surface area contributed by atoms with Crippen molar-refractivity contribution in [2.45, 2.75) is 12.8 Å². The fourth-order valence-electron chi connectivity index (χ4n) is 2.56. The molecule has 0 aliphatic carbocycles. The molecule has 1 amide bonds. The molecule has 0 saturated carbocycles. The van der Waals surface area contributed by atoms with Gasteiger partial charge in [-0.3, -0.25) is 9.59 Å². The number of hydrogen-bond acceptors (Lipinski definition) is 4. The Balaban J connectivity index is 1.78. The van der Waals surface area contributed by atoms with Crippen LogP contribution in [0.1, 0.15) is 11.4 Å². The molecule has 3 rings (SSSR count). The Bertz CT molecular complexity index is 1070. The molecule has 1 atom stereocenters. The smallest absolute Gasteiger partial charge is 0.307 e. The van der Waals surface area contributed by atoms with Crippen LogP contribution in [0.3, 0.4) is 0 Å². The number of carbonyl (C=O) groups excluding carboxylic acids is 1. The molecular formula is C18H12ClF3N2O3S. The molecule has 28 heavy (non-hydrogen) atoms. The van der Waals surface area contributed by atoms with E-state index >= 15 is 0 Å². The van der Waals surface area contributed by atoms with Crippen LogP contribution in [0.4, 0.5) is 18.9 Å². The van der Waals surface area contributed by atoms with Crippen LogP contribution in [-0.4, -0.2) is 22.0 Å². The van der Waals surface area contributed by atoms with E-state index in [2.05, 4.69) is 10.3 Å². The van der Waals surface area contributed by atoms with Crippen LogP contribution >= 0.6 is 22.9 Å². The molecule has 0 aliphatic rings. The maximum atomic E-state index is 13.8. The maximum Gasteiger partial charge on any atom is 0.307 e. The van der Waals surface area contributed by atoms with E-state index in [1.807, 2.05) is 0 Å². The van der Waals surface area contributed by atoms with Crippen LogP contribution < -0.4 is 5.32 Å². The number of amides is 1. The average molecular weight is 429 g/mol. The van der Waals surface area contributed by atoms with Crippen molar-refractivity contribution in [1.82, 2.24) is 4.98 Å². The molecule has 5 nitrogen and oxygen atoms in total. The third kappa shape index (κ3) is 4.26. The Morgan fingerprint density at radius 2 is 1.93 bits per heavy atom. The molecule has 1 unspecified atom stereocenters. The Morgan fingerprint density at radius 3 is 2.61 bits per heavy atom. The summed E-state index contributed by atoms with van der Waals surface area (Å²) in [7, 11) is 0. The minimum atomic E-state index is -1.38. The van der Waals surface area contributed by atoms with Gasteiger partial charge in [-0.2, -0.15) is 0 Å². The molecular weight excluding hydrogens is 417 g/mol. The lowest BCUT2D eigenvalue weighted by Crippen LogP contribution is -2.24. The normalized spacial score (nSPS) is 12.1. The number of carboxylic acid groups (broad SMARTS) is 1. The number of nitrogens with zero attached hydrogens (tertiary/aromatic N) is 1. The Morgan fingerprint density at radius 1 is 1.21 bits per heavy atom. The predicted molar refractivity (Wildman–Crippen MR) is 99.0 cm³/mol. The van der Waals surface area contributed by atoms with Crippen molar-refractivity contribution in [3.05, 3.63) is 57.8 Å². The van der Waals surface area contributed by atoms with Gasteiger partial charge in [-0.15, -0.1) is 11.3 Å². The number of aromatic nitrogens is 1. The van der Waals surface area contributed by atoms with Gasteiger partial charge in [0.05, 0.1) is 26.3 Å². The number of carboxylic acids is 1. The number of aliphatic carboxylic acids is 1. The van der Waals surface area contributed by atoms with Crippen LogP contribution in [0.25, 0.3) is 10.2 Å². The van der Waals surface area contributed by atoms with Crippen LogP contribution in [-0.2, 0) is 16.0 Å². The van der Waals surface area contributed by atoms with E-state index in [0.717, 1.165) is 11.3 Å². The number of anilines is 1. The largest absolute Gasteiger partial charge is 0.481 e. The number of benzene rings is 2. The van der Waals surface area contributed by atoms with Crippen molar-refractivity contribution < 1.29 is 27.9 Å². The summed E-state index contributed by atoms with van der Waals surface area (Å²) in [6.07, 6.45) is -0.652. The number of halogens is 4. The quantitative estimate of drug-likeness (QED) is 0.561. The van der Waals surface area contributed by atoms with Gasteiger partial charge in [0.1, 0.15) is 11.3 Å². The SMILES string of the molecule is O=C(CC(Cc1nc2c(F)c(F)cc(F)c2s1)C(=O)O)Nc1ccccc1Cl. The van der Waals surface area contributed by atoms with E-state index in [9.17, 15) is 27.9 Å². The highest BCUT2D eigenvalue weighted by Crippen LogP contribution is 2.30. The van der Waals surface area contributed by atoms with Gasteiger partial charge in [0.15, 0.2) is 11.6 Å².